The Morgan fingerprint density at radius 2 is 2.11 bits per heavy atom. The SMILES string of the molecule is Cc1ccc(-c2[nH]nc(N)c2-c2cccc(Br)c2)s1. The summed E-state index contributed by atoms with van der Waals surface area (Å²) in [6, 6.07) is 12.3. The van der Waals surface area contributed by atoms with Gasteiger partial charge in [0, 0.05) is 9.35 Å². The number of benzene rings is 1. The third-order valence-electron chi connectivity index (χ3n) is 2.89. The molecule has 0 atom stereocenters. The molecule has 0 aliphatic heterocycles. The third kappa shape index (κ3) is 2.31. The molecule has 0 aliphatic rings. The van der Waals surface area contributed by atoms with Crippen LogP contribution < -0.4 is 5.73 Å². The molecule has 5 heteroatoms. The number of nitrogens with zero attached hydrogens (tertiary/aromatic N) is 1. The first-order chi connectivity index (χ1) is 9.15. The van der Waals surface area contributed by atoms with Gasteiger partial charge in [0.1, 0.15) is 0 Å². The van der Waals surface area contributed by atoms with Crippen molar-refractivity contribution < 1.29 is 0 Å². The van der Waals surface area contributed by atoms with Gasteiger partial charge in [-0.2, -0.15) is 5.10 Å². The van der Waals surface area contributed by atoms with E-state index in [-0.39, 0.29) is 0 Å². The van der Waals surface area contributed by atoms with Crippen molar-refractivity contribution in [2.75, 3.05) is 5.73 Å². The van der Waals surface area contributed by atoms with Crippen molar-refractivity contribution in [2.24, 2.45) is 0 Å². The minimum Gasteiger partial charge on any atom is -0.382 e. The van der Waals surface area contributed by atoms with Crippen molar-refractivity contribution >= 4 is 33.1 Å². The number of hydrogen-bond acceptors (Lipinski definition) is 3. The summed E-state index contributed by atoms with van der Waals surface area (Å²) >= 11 is 5.22. The van der Waals surface area contributed by atoms with Crippen LogP contribution in [-0.2, 0) is 0 Å². The minimum atomic E-state index is 0.527. The van der Waals surface area contributed by atoms with E-state index < -0.39 is 0 Å². The smallest absolute Gasteiger partial charge is 0.153 e. The summed E-state index contributed by atoms with van der Waals surface area (Å²) in [5, 5.41) is 7.19. The van der Waals surface area contributed by atoms with Crippen LogP contribution in [0, 0.1) is 6.92 Å². The highest BCUT2D eigenvalue weighted by atomic mass is 79.9. The quantitative estimate of drug-likeness (QED) is 0.727. The molecule has 19 heavy (non-hydrogen) atoms. The van der Waals surface area contributed by atoms with Crippen LogP contribution in [0.15, 0.2) is 40.9 Å². The van der Waals surface area contributed by atoms with E-state index in [0.717, 1.165) is 26.2 Å². The van der Waals surface area contributed by atoms with Crippen molar-refractivity contribution in [1.29, 1.82) is 0 Å². The van der Waals surface area contributed by atoms with E-state index in [0.29, 0.717) is 5.82 Å². The second-order valence-corrected chi connectivity index (χ2v) is 6.48. The number of aromatic amines is 1. The summed E-state index contributed by atoms with van der Waals surface area (Å²) in [7, 11) is 0. The predicted molar refractivity (Wildman–Crippen MR) is 84.2 cm³/mol. The molecule has 0 amide bonds. The molecule has 0 radical (unpaired) electrons. The molecule has 0 aliphatic carbocycles. The lowest BCUT2D eigenvalue weighted by Gasteiger charge is -2.03. The highest BCUT2D eigenvalue weighted by Crippen LogP contribution is 2.38. The van der Waals surface area contributed by atoms with Gasteiger partial charge >= 0.3 is 0 Å². The van der Waals surface area contributed by atoms with Gasteiger partial charge in [-0.3, -0.25) is 5.10 Å². The maximum absolute atomic E-state index is 6.01. The molecule has 3 N–H and O–H groups in total. The molecular weight excluding hydrogens is 322 g/mol. The monoisotopic (exact) mass is 333 g/mol. The predicted octanol–water partition coefficient (Wildman–Crippen LogP) is 4.46. The second kappa shape index (κ2) is 4.83. The third-order valence-corrected chi connectivity index (χ3v) is 4.41. The molecule has 0 bridgehead atoms. The summed E-state index contributed by atoms with van der Waals surface area (Å²) in [4.78, 5) is 2.42. The number of nitrogen functional groups attached to an aromatic ring is 1. The molecule has 2 aromatic heterocycles. The summed E-state index contributed by atoms with van der Waals surface area (Å²) in [5.74, 6) is 0.527. The maximum atomic E-state index is 6.01. The number of aryl methyl sites for hydroxylation is 1. The fourth-order valence-corrected chi connectivity index (χ4v) is 3.31. The van der Waals surface area contributed by atoms with E-state index >= 15 is 0 Å². The molecule has 0 saturated heterocycles. The zero-order valence-electron chi connectivity index (χ0n) is 10.3. The van der Waals surface area contributed by atoms with E-state index in [2.05, 4.69) is 45.2 Å². The summed E-state index contributed by atoms with van der Waals surface area (Å²) < 4.78 is 1.03. The number of anilines is 1. The number of aromatic nitrogens is 2. The first kappa shape index (κ1) is 12.4. The zero-order chi connectivity index (χ0) is 13.4. The van der Waals surface area contributed by atoms with Crippen LogP contribution in [0.3, 0.4) is 0 Å². The van der Waals surface area contributed by atoms with Crippen molar-refractivity contribution in [2.45, 2.75) is 6.92 Å². The Labute approximate surface area is 123 Å². The number of nitrogens with one attached hydrogen (secondary N) is 1. The maximum Gasteiger partial charge on any atom is 0.153 e. The molecule has 0 saturated carbocycles. The highest BCUT2D eigenvalue weighted by Gasteiger charge is 2.16. The van der Waals surface area contributed by atoms with Gasteiger partial charge in [0.15, 0.2) is 5.82 Å². The Morgan fingerprint density at radius 1 is 1.26 bits per heavy atom. The molecule has 3 rings (SSSR count). The lowest BCUT2D eigenvalue weighted by Crippen LogP contribution is -1.88. The standard InChI is InChI=1S/C14H12BrN3S/c1-8-5-6-11(19-8)13-12(14(16)18-17-13)9-3-2-4-10(15)7-9/h2-7H,1H3,(H3,16,17,18). The van der Waals surface area contributed by atoms with E-state index in [1.807, 2.05) is 24.3 Å². The Balaban J connectivity index is 2.19. The Morgan fingerprint density at radius 3 is 2.79 bits per heavy atom. The van der Waals surface area contributed by atoms with Gasteiger partial charge in [0.05, 0.1) is 16.1 Å². The second-order valence-electron chi connectivity index (χ2n) is 4.28. The Hall–Kier alpha value is -1.59. The van der Waals surface area contributed by atoms with Crippen LogP contribution in [0.4, 0.5) is 5.82 Å². The minimum absolute atomic E-state index is 0.527. The fraction of sp³-hybridized carbons (Fsp3) is 0.0714. The number of rotatable bonds is 2. The van der Waals surface area contributed by atoms with Crippen LogP contribution >= 0.6 is 27.3 Å². The van der Waals surface area contributed by atoms with Crippen molar-refractivity contribution in [3.8, 4) is 21.7 Å². The van der Waals surface area contributed by atoms with E-state index in [4.69, 9.17) is 5.73 Å². The summed E-state index contributed by atoms with van der Waals surface area (Å²) in [6.07, 6.45) is 0. The molecule has 0 spiro atoms. The zero-order valence-corrected chi connectivity index (χ0v) is 12.7. The molecule has 0 fully saturated rings. The van der Waals surface area contributed by atoms with Gasteiger partial charge in [0.2, 0.25) is 0 Å². The average Bonchev–Trinajstić information content (AvgIpc) is 2.95. The fourth-order valence-electron chi connectivity index (χ4n) is 2.04. The van der Waals surface area contributed by atoms with Gasteiger partial charge in [-0.15, -0.1) is 11.3 Å². The number of nitrogens with two attached hydrogens (primary N) is 1. The lowest BCUT2D eigenvalue weighted by atomic mass is 10.0. The molecule has 96 valence electrons. The van der Waals surface area contributed by atoms with Gasteiger partial charge in [-0.1, -0.05) is 28.1 Å². The van der Waals surface area contributed by atoms with Crippen molar-refractivity contribution in [3.05, 3.63) is 45.7 Å². The number of halogens is 1. The molecular formula is C14H12BrN3S. The van der Waals surface area contributed by atoms with Crippen molar-refractivity contribution in [1.82, 2.24) is 10.2 Å². The van der Waals surface area contributed by atoms with Crippen LogP contribution in [0.5, 0.6) is 0 Å². The Bertz CT molecular complexity index is 730. The summed E-state index contributed by atoms with van der Waals surface area (Å²) in [6.45, 7) is 2.09. The molecule has 0 unspecified atom stereocenters. The largest absolute Gasteiger partial charge is 0.382 e. The first-order valence-electron chi connectivity index (χ1n) is 5.82. The summed E-state index contributed by atoms with van der Waals surface area (Å²) in [5.41, 5.74) is 9.01. The molecule has 3 nitrogen and oxygen atoms in total. The number of thiophene rings is 1. The van der Waals surface area contributed by atoms with E-state index in [1.54, 1.807) is 11.3 Å². The van der Waals surface area contributed by atoms with E-state index in [9.17, 15) is 0 Å². The first-order valence-corrected chi connectivity index (χ1v) is 7.42. The molecule has 3 aromatic rings. The van der Waals surface area contributed by atoms with Gasteiger partial charge in [-0.05, 0) is 36.8 Å². The molecule has 1 aromatic carbocycles. The molecule has 2 heterocycles. The topological polar surface area (TPSA) is 54.7 Å². The normalized spacial score (nSPS) is 10.8. The van der Waals surface area contributed by atoms with Crippen LogP contribution in [0.2, 0.25) is 0 Å². The van der Waals surface area contributed by atoms with Crippen LogP contribution in [0.1, 0.15) is 4.88 Å². The van der Waals surface area contributed by atoms with Crippen LogP contribution in [-0.4, -0.2) is 10.2 Å². The number of H-pyrrole nitrogens is 1. The highest BCUT2D eigenvalue weighted by molar-refractivity contribution is 9.10. The van der Waals surface area contributed by atoms with Crippen molar-refractivity contribution in [3.63, 3.8) is 0 Å². The average molecular weight is 334 g/mol. The van der Waals surface area contributed by atoms with E-state index in [1.165, 1.54) is 4.88 Å². The lowest BCUT2D eigenvalue weighted by molar-refractivity contribution is 1.11. The van der Waals surface area contributed by atoms with Crippen LogP contribution in [0.25, 0.3) is 21.7 Å². The number of hydrogen-bond donors (Lipinski definition) is 2. The van der Waals surface area contributed by atoms with Gasteiger partial charge < -0.3 is 5.73 Å². The van der Waals surface area contributed by atoms with Gasteiger partial charge in [-0.25, -0.2) is 0 Å². The van der Waals surface area contributed by atoms with Gasteiger partial charge in [0.25, 0.3) is 0 Å². The Kier molecular flexibility index (Phi) is 3.16.